The Kier molecular flexibility index (Phi) is 2.99. The Labute approximate surface area is 94.5 Å². The van der Waals surface area contributed by atoms with Gasteiger partial charge in [-0.2, -0.15) is 11.3 Å². The fourth-order valence-electron chi connectivity index (χ4n) is 1.24. The Balaban J connectivity index is 2.28. The Morgan fingerprint density at radius 3 is 2.36 bits per heavy atom. The number of alkyl halides is 1. The lowest BCUT2D eigenvalue weighted by atomic mass is 10.1. The van der Waals surface area contributed by atoms with Gasteiger partial charge in [0.15, 0.2) is 0 Å². The van der Waals surface area contributed by atoms with E-state index in [0.29, 0.717) is 0 Å². The normalized spacial score (nSPS) is 12.7. The lowest BCUT2D eigenvalue weighted by Gasteiger charge is -2.07. The molecule has 2 aromatic rings. The molecule has 0 nitrogen and oxygen atoms in total. The molecule has 2 rings (SSSR count). The molecule has 14 heavy (non-hydrogen) atoms. The lowest BCUT2D eigenvalue weighted by Crippen LogP contribution is -1.90. The Morgan fingerprint density at radius 2 is 1.79 bits per heavy atom. The van der Waals surface area contributed by atoms with E-state index in [4.69, 9.17) is 0 Å². The van der Waals surface area contributed by atoms with Crippen LogP contribution in [0.15, 0.2) is 41.1 Å². The molecule has 0 aliphatic carbocycles. The highest BCUT2D eigenvalue weighted by molar-refractivity contribution is 9.09. The van der Waals surface area contributed by atoms with Gasteiger partial charge in [-0.25, -0.2) is 4.39 Å². The van der Waals surface area contributed by atoms with Crippen LogP contribution in [0.4, 0.5) is 4.39 Å². The fraction of sp³-hybridized carbons (Fsp3) is 0.0909. The summed E-state index contributed by atoms with van der Waals surface area (Å²) in [6, 6.07) is 8.62. The van der Waals surface area contributed by atoms with Crippen molar-refractivity contribution in [3.63, 3.8) is 0 Å². The zero-order valence-corrected chi connectivity index (χ0v) is 9.69. The van der Waals surface area contributed by atoms with Gasteiger partial charge in [-0.1, -0.05) is 28.1 Å². The lowest BCUT2D eigenvalue weighted by molar-refractivity contribution is 0.627. The van der Waals surface area contributed by atoms with Crippen LogP contribution in [-0.2, 0) is 0 Å². The number of halogens is 2. The van der Waals surface area contributed by atoms with Gasteiger partial charge >= 0.3 is 0 Å². The van der Waals surface area contributed by atoms with Crippen molar-refractivity contribution in [2.24, 2.45) is 0 Å². The van der Waals surface area contributed by atoms with Gasteiger partial charge in [-0.3, -0.25) is 0 Å². The molecule has 3 heteroatoms. The first kappa shape index (κ1) is 9.87. The van der Waals surface area contributed by atoms with Crippen LogP contribution in [0.1, 0.15) is 16.0 Å². The van der Waals surface area contributed by atoms with Crippen LogP contribution in [-0.4, -0.2) is 0 Å². The van der Waals surface area contributed by atoms with Crippen molar-refractivity contribution in [3.8, 4) is 0 Å². The second-order valence-electron chi connectivity index (χ2n) is 2.97. The van der Waals surface area contributed by atoms with Crippen molar-refractivity contribution in [1.82, 2.24) is 0 Å². The summed E-state index contributed by atoms with van der Waals surface area (Å²) in [5.41, 5.74) is 2.28. The average molecular weight is 271 g/mol. The van der Waals surface area contributed by atoms with Gasteiger partial charge in [0.2, 0.25) is 0 Å². The van der Waals surface area contributed by atoms with E-state index < -0.39 is 0 Å². The number of benzene rings is 1. The zero-order valence-electron chi connectivity index (χ0n) is 7.28. The molecule has 0 radical (unpaired) electrons. The van der Waals surface area contributed by atoms with Crippen LogP contribution < -0.4 is 0 Å². The molecular formula is C11H8BrFS. The van der Waals surface area contributed by atoms with E-state index in [-0.39, 0.29) is 10.6 Å². The molecule has 72 valence electrons. The standard InChI is InChI=1S/C11H8BrFS/c12-11(9-5-6-14-7-9)8-1-3-10(13)4-2-8/h1-7,11H. The summed E-state index contributed by atoms with van der Waals surface area (Å²) in [5.74, 6) is -0.196. The average Bonchev–Trinajstić information content (AvgIpc) is 2.71. The summed E-state index contributed by atoms with van der Waals surface area (Å²) in [4.78, 5) is 0.161. The third kappa shape index (κ3) is 2.04. The molecule has 0 aliphatic rings. The number of thiophene rings is 1. The van der Waals surface area contributed by atoms with Crippen LogP contribution in [0.5, 0.6) is 0 Å². The first-order chi connectivity index (χ1) is 6.77. The number of hydrogen-bond acceptors (Lipinski definition) is 1. The van der Waals surface area contributed by atoms with Gasteiger partial charge in [0.1, 0.15) is 5.82 Å². The number of rotatable bonds is 2. The highest BCUT2D eigenvalue weighted by Gasteiger charge is 2.09. The largest absolute Gasteiger partial charge is 0.207 e. The van der Waals surface area contributed by atoms with E-state index in [9.17, 15) is 4.39 Å². The molecule has 1 atom stereocenters. The second kappa shape index (κ2) is 4.24. The van der Waals surface area contributed by atoms with Gasteiger partial charge in [0, 0.05) is 0 Å². The molecule has 0 saturated heterocycles. The van der Waals surface area contributed by atoms with Crippen LogP contribution in [0.3, 0.4) is 0 Å². The SMILES string of the molecule is Fc1ccc(C(Br)c2ccsc2)cc1. The van der Waals surface area contributed by atoms with Crippen LogP contribution in [0.2, 0.25) is 0 Å². The highest BCUT2D eigenvalue weighted by atomic mass is 79.9. The molecule has 0 bridgehead atoms. The molecule has 1 aromatic carbocycles. The fourth-order valence-corrected chi connectivity index (χ4v) is 2.69. The Bertz CT molecular complexity index is 394. The van der Waals surface area contributed by atoms with E-state index in [1.165, 1.54) is 17.7 Å². The summed E-state index contributed by atoms with van der Waals surface area (Å²) in [5, 5.41) is 4.12. The van der Waals surface area contributed by atoms with Crippen molar-refractivity contribution in [2.75, 3.05) is 0 Å². The summed E-state index contributed by atoms with van der Waals surface area (Å²) < 4.78 is 12.7. The summed E-state index contributed by atoms with van der Waals surface area (Å²) in [7, 11) is 0. The first-order valence-electron chi connectivity index (χ1n) is 4.19. The molecule has 1 unspecified atom stereocenters. The third-order valence-corrected chi connectivity index (χ3v) is 3.76. The quantitative estimate of drug-likeness (QED) is 0.711. The van der Waals surface area contributed by atoms with E-state index in [1.54, 1.807) is 23.5 Å². The van der Waals surface area contributed by atoms with Crippen molar-refractivity contribution >= 4 is 27.3 Å². The van der Waals surface area contributed by atoms with Gasteiger partial charge < -0.3 is 0 Å². The molecule has 0 amide bonds. The minimum atomic E-state index is -0.196. The molecule has 0 aliphatic heterocycles. The molecule has 1 aromatic heterocycles. The molecule has 0 spiro atoms. The van der Waals surface area contributed by atoms with E-state index in [0.717, 1.165) is 5.56 Å². The molecule has 1 heterocycles. The Morgan fingerprint density at radius 1 is 1.07 bits per heavy atom. The summed E-state index contributed by atoms with van der Waals surface area (Å²) in [6.07, 6.45) is 0. The maximum absolute atomic E-state index is 12.7. The van der Waals surface area contributed by atoms with E-state index >= 15 is 0 Å². The van der Waals surface area contributed by atoms with Crippen molar-refractivity contribution in [1.29, 1.82) is 0 Å². The smallest absolute Gasteiger partial charge is 0.123 e. The predicted octanol–water partition coefficient (Wildman–Crippen LogP) is 4.37. The van der Waals surface area contributed by atoms with Gasteiger partial charge in [0.05, 0.1) is 4.83 Å². The van der Waals surface area contributed by atoms with Gasteiger partial charge in [0.25, 0.3) is 0 Å². The van der Waals surface area contributed by atoms with Crippen LogP contribution >= 0.6 is 27.3 Å². The minimum absolute atomic E-state index is 0.161. The maximum atomic E-state index is 12.7. The maximum Gasteiger partial charge on any atom is 0.123 e. The van der Waals surface area contributed by atoms with Crippen LogP contribution in [0.25, 0.3) is 0 Å². The molecule has 0 N–H and O–H groups in total. The van der Waals surface area contributed by atoms with E-state index in [1.807, 2.05) is 5.38 Å². The number of hydrogen-bond donors (Lipinski definition) is 0. The zero-order chi connectivity index (χ0) is 9.97. The topological polar surface area (TPSA) is 0 Å². The van der Waals surface area contributed by atoms with E-state index in [2.05, 4.69) is 27.4 Å². The summed E-state index contributed by atoms with van der Waals surface area (Å²) in [6.45, 7) is 0. The van der Waals surface area contributed by atoms with Gasteiger partial charge in [-0.15, -0.1) is 0 Å². The molecule has 0 saturated carbocycles. The predicted molar refractivity (Wildman–Crippen MR) is 61.5 cm³/mol. The van der Waals surface area contributed by atoms with Crippen molar-refractivity contribution < 1.29 is 4.39 Å². The van der Waals surface area contributed by atoms with Crippen molar-refractivity contribution in [2.45, 2.75) is 4.83 Å². The molecular weight excluding hydrogens is 263 g/mol. The molecule has 0 fully saturated rings. The highest BCUT2D eigenvalue weighted by Crippen LogP contribution is 2.31. The monoisotopic (exact) mass is 270 g/mol. The summed E-state index contributed by atoms with van der Waals surface area (Å²) >= 11 is 5.24. The third-order valence-electron chi connectivity index (χ3n) is 2.00. The second-order valence-corrected chi connectivity index (χ2v) is 4.67. The first-order valence-corrected chi connectivity index (χ1v) is 6.05. The minimum Gasteiger partial charge on any atom is -0.207 e. The van der Waals surface area contributed by atoms with Crippen molar-refractivity contribution in [3.05, 3.63) is 58.0 Å². The van der Waals surface area contributed by atoms with Crippen LogP contribution in [0, 0.1) is 5.82 Å². The Hall–Kier alpha value is -0.670. The van der Waals surface area contributed by atoms with Gasteiger partial charge in [-0.05, 0) is 40.1 Å².